The lowest BCUT2D eigenvalue weighted by Gasteiger charge is -2.14. The SMILES string of the molecule is Cc1cc(NC2CCCC2)nc(-c2ccc(Br)cc2)n1. The van der Waals surface area contributed by atoms with E-state index in [-0.39, 0.29) is 0 Å². The number of anilines is 1. The van der Waals surface area contributed by atoms with Gasteiger partial charge in [-0.05, 0) is 31.9 Å². The summed E-state index contributed by atoms with van der Waals surface area (Å²) in [5.74, 6) is 1.74. The predicted octanol–water partition coefficient (Wildman–Crippen LogP) is 4.57. The minimum Gasteiger partial charge on any atom is -0.367 e. The van der Waals surface area contributed by atoms with Gasteiger partial charge in [0.2, 0.25) is 0 Å². The summed E-state index contributed by atoms with van der Waals surface area (Å²) in [6, 6.07) is 10.7. The van der Waals surface area contributed by atoms with E-state index >= 15 is 0 Å². The van der Waals surface area contributed by atoms with Crippen molar-refractivity contribution in [1.82, 2.24) is 9.97 Å². The maximum atomic E-state index is 4.66. The van der Waals surface area contributed by atoms with Crippen molar-refractivity contribution in [1.29, 1.82) is 0 Å². The molecule has 0 saturated heterocycles. The van der Waals surface area contributed by atoms with E-state index in [1.165, 1.54) is 25.7 Å². The Bertz CT molecular complexity index is 589. The van der Waals surface area contributed by atoms with Crippen LogP contribution >= 0.6 is 15.9 Å². The van der Waals surface area contributed by atoms with Gasteiger partial charge < -0.3 is 5.32 Å². The molecule has 0 radical (unpaired) electrons. The predicted molar refractivity (Wildman–Crippen MR) is 85.8 cm³/mol. The van der Waals surface area contributed by atoms with Gasteiger partial charge in [-0.25, -0.2) is 9.97 Å². The number of halogens is 1. The van der Waals surface area contributed by atoms with Crippen molar-refractivity contribution in [2.45, 2.75) is 38.6 Å². The van der Waals surface area contributed by atoms with E-state index in [0.29, 0.717) is 6.04 Å². The first-order valence-corrected chi connectivity index (χ1v) is 7.88. The van der Waals surface area contributed by atoms with Gasteiger partial charge in [-0.3, -0.25) is 0 Å². The molecule has 0 amide bonds. The van der Waals surface area contributed by atoms with Crippen molar-refractivity contribution in [2.24, 2.45) is 0 Å². The topological polar surface area (TPSA) is 37.8 Å². The zero-order chi connectivity index (χ0) is 13.9. The van der Waals surface area contributed by atoms with Gasteiger partial charge in [0.05, 0.1) is 0 Å². The van der Waals surface area contributed by atoms with Crippen LogP contribution in [0.3, 0.4) is 0 Å². The van der Waals surface area contributed by atoms with Crippen LogP contribution in [0.4, 0.5) is 5.82 Å². The molecule has 0 bridgehead atoms. The van der Waals surface area contributed by atoms with Crippen molar-refractivity contribution in [3.05, 3.63) is 40.5 Å². The number of nitrogens with zero attached hydrogens (tertiary/aromatic N) is 2. The summed E-state index contributed by atoms with van der Waals surface area (Å²) >= 11 is 3.45. The van der Waals surface area contributed by atoms with Crippen LogP contribution in [0, 0.1) is 6.92 Å². The molecule has 4 heteroatoms. The maximum Gasteiger partial charge on any atom is 0.161 e. The molecule has 0 unspecified atom stereocenters. The Hall–Kier alpha value is -1.42. The fourth-order valence-electron chi connectivity index (χ4n) is 2.65. The van der Waals surface area contributed by atoms with Crippen LogP contribution < -0.4 is 5.32 Å². The molecule has 1 N–H and O–H groups in total. The normalized spacial score (nSPS) is 15.5. The fourth-order valence-corrected chi connectivity index (χ4v) is 2.91. The highest BCUT2D eigenvalue weighted by atomic mass is 79.9. The van der Waals surface area contributed by atoms with Crippen LogP contribution in [-0.4, -0.2) is 16.0 Å². The van der Waals surface area contributed by atoms with E-state index < -0.39 is 0 Å². The molecule has 1 saturated carbocycles. The first-order chi connectivity index (χ1) is 9.70. The van der Waals surface area contributed by atoms with Gasteiger partial charge in [-0.15, -0.1) is 0 Å². The molecule has 1 aliphatic carbocycles. The summed E-state index contributed by atoms with van der Waals surface area (Å²) in [7, 11) is 0. The number of nitrogens with one attached hydrogen (secondary N) is 1. The molecule has 3 nitrogen and oxygen atoms in total. The van der Waals surface area contributed by atoms with Crippen LogP contribution in [0.1, 0.15) is 31.4 Å². The minimum absolute atomic E-state index is 0.571. The highest BCUT2D eigenvalue weighted by Gasteiger charge is 2.15. The number of benzene rings is 1. The van der Waals surface area contributed by atoms with Gasteiger partial charge in [-0.2, -0.15) is 0 Å². The Morgan fingerprint density at radius 1 is 1.10 bits per heavy atom. The zero-order valence-electron chi connectivity index (χ0n) is 11.6. The molecule has 0 aliphatic heterocycles. The highest BCUT2D eigenvalue weighted by molar-refractivity contribution is 9.10. The minimum atomic E-state index is 0.571. The zero-order valence-corrected chi connectivity index (χ0v) is 13.2. The quantitative estimate of drug-likeness (QED) is 0.895. The highest BCUT2D eigenvalue weighted by Crippen LogP contribution is 2.24. The van der Waals surface area contributed by atoms with Gasteiger partial charge in [-0.1, -0.05) is 40.9 Å². The Kier molecular flexibility index (Phi) is 4.01. The van der Waals surface area contributed by atoms with Crippen molar-refractivity contribution >= 4 is 21.7 Å². The number of aryl methyl sites for hydroxylation is 1. The first-order valence-electron chi connectivity index (χ1n) is 7.09. The van der Waals surface area contributed by atoms with E-state index in [0.717, 1.165) is 27.4 Å². The molecule has 1 fully saturated rings. The molecule has 2 aromatic rings. The molecule has 1 aromatic heterocycles. The van der Waals surface area contributed by atoms with E-state index in [4.69, 9.17) is 0 Å². The third kappa shape index (κ3) is 3.18. The summed E-state index contributed by atoms with van der Waals surface area (Å²) in [5, 5.41) is 3.54. The molecule has 0 spiro atoms. The molecule has 1 heterocycles. The molecule has 1 aliphatic rings. The lowest BCUT2D eigenvalue weighted by molar-refractivity contribution is 0.749. The molecule has 3 rings (SSSR count). The smallest absolute Gasteiger partial charge is 0.161 e. The average Bonchev–Trinajstić information content (AvgIpc) is 2.91. The van der Waals surface area contributed by atoms with Gasteiger partial charge in [0, 0.05) is 27.8 Å². The summed E-state index contributed by atoms with van der Waals surface area (Å²) < 4.78 is 1.07. The lowest BCUT2D eigenvalue weighted by Crippen LogP contribution is -2.16. The van der Waals surface area contributed by atoms with Crippen molar-refractivity contribution in [3.8, 4) is 11.4 Å². The second-order valence-electron chi connectivity index (χ2n) is 5.35. The largest absolute Gasteiger partial charge is 0.367 e. The van der Waals surface area contributed by atoms with Gasteiger partial charge in [0.25, 0.3) is 0 Å². The Morgan fingerprint density at radius 2 is 1.80 bits per heavy atom. The van der Waals surface area contributed by atoms with Crippen LogP contribution in [-0.2, 0) is 0 Å². The van der Waals surface area contributed by atoms with Crippen molar-refractivity contribution in [2.75, 3.05) is 5.32 Å². The number of hydrogen-bond acceptors (Lipinski definition) is 3. The molecular weight excluding hydrogens is 314 g/mol. The van der Waals surface area contributed by atoms with Crippen LogP contribution in [0.25, 0.3) is 11.4 Å². The maximum absolute atomic E-state index is 4.66. The Balaban J connectivity index is 1.87. The first kappa shape index (κ1) is 13.6. The van der Waals surface area contributed by atoms with Gasteiger partial charge in [0.15, 0.2) is 5.82 Å². The second-order valence-corrected chi connectivity index (χ2v) is 6.27. The fraction of sp³-hybridized carbons (Fsp3) is 0.375. The van der Waals surface area contributed by atoms with Crippen molar-refractivity contribution < 1.29 is 0 Å². The third-order valence-corrected chi connectivity index (χ3v) is 4.19. The Labute approximate surface area is 128 Å². The average molecular weight is 332 g/mol. The third-order valence-electron chi connectivity index (χ3n) is 3.66. The van der Waals surface area contributed by atoms with Crippen LogP contribution in [0.2, 0.25) is 0 Å². The summed E-state index contributed by atoms with van der Waals surface area (Å²) in [6.45, 7) is 2.02. The lowest BCUT2D eigenvalue weighted by atomic mass is 10.2. The van der Waals surface area contributed by atoms with E-state index in [1.807, 2.05) is 37.3 Å². The van der Waals surface area contributed by atoms with E-state index in [9.17, 15) is 0 Å². The van der Waals surface area contributed by atoms with Gasteiger partial charge in [0.1, 0.15) is 5.82 Å². The summed E-state index contributed by atoms with van der Waals surface area (Å²) in [4.78, 5) is 9.20. The van der Waals surface area contributed by atoms with Crippen LogP contribution in [0.5, 0.6) is 0 Å². The Morgan fingerprint density at radius 3 is 2.50 bits per heavy atom. The summed E-state index contributed by atoms with van der Waals surface area (Å²) in [5.41, 5.74) is 2.05. The summed E-state index contributed by atoms with van der Waals surface area (Å²) in [6.07, 6.45) is 5.13. The molecule has 20 heavy (non-hydrogen) atoms. The van der Waals surface area contributed by atoms with Gasteiger partial charge >= 0.3 is 0 Å². The molecular formula is C16H18BrN3. The molecule has 1 aromatic carbocycles. The van der Waals surface area contributed by atoms with Crippen LogP contribution in [0.15, 0.2) is 34.8 Å². The van der Waals surface area contributed by atoms with Crippen molar-refractivity contribution in [3.63, 3.8) is 0 Å². The van der Waals surface area contributed by atoms with E-state index in [2.05, 4.69) is 31.2 Å². The number of hydrogen-bond donors (Lipinski definition) is 1. The standard InChI is InChI=1S/C16H18BrN3/c1-11-10-15(19-14-4-2-3-5-14)20-16(18-11)12-6-8-13(17)9-7-12/h6-10,14H,2-5H2,1H3,(H,18,19,20). The van der Waals surface area contributed by atoms with E-state index in [1.54, 1.807) is 0 Å². The molecule has 0 atom stereocenters. The second kappa shape index (κ2) is 5.92. The molecule has 104 valence electrons. The number of rotatable bonds is 3. The monoisotopic (exact) mass is 331 g/mol. The number of aromatic nitrogens is 2.